The summed E-state index contributed by atoms with van der Waals surface area (Å²) in [4.78, 5) is 41.8. The van der Waals surface area contributed by atoms with E-state index in [2.05, 4.69) is 58.7 Å². The summed E-state index contributed by atoms with van der Waals surface area (Å²) in [6.45, 7) is 14.4. The molecule has 0 radical (unpaired) electrons. The number of hydrogen-bond donors (Lipinski definition) is 11. The topological polar surface area (TPSA) is 328 Å². The number of fused-ring (bicyclic) bond motifs is 10. The van der Waals surface area contributed by atoms with Crippen molar-refractivity contribution in [1.82, 2.24) is 5.32 Å². The smallest absolute Gasteiger partial charge is 0.317 e. The van der Waals surface area contributed by atoms with Crippen LogP contribution in [-0.2, 0) is 42.8 Å². The third kappa shape index (κ3) is 8.02. The molecule has 0 aromatic heterocycles. The van der Waals surface area contributed by atoms with Crippen molar-refractivity contribution in [2.24, 2.45) is 55.7 Å². The fraction of sp³-hybridized carbons (Fsp3) is 0.906. The molecule has 8 fully saturated rings. The van der Waals surface area contributed by atoms with Crippen LogP contribution in [0.5, 0.6) is 0 Å². The minimum Gasteiger partial charge on any atom is -0.432 e. The zero-order chi connectivity index (χ0) is 53.2. The van der Waals surface area contributed by atoms with Gasteiger partial charge in [-0.05, 0) is 122 Å². The van der Waals surface area contributed by atoms with Gasteiger partial charge < -0.3 is 90.2 Å². The number of aldehydes is 1. The van der Waals surface area contributed by atoms with E-state index >= 15 is 4.79 Å². The van der Waals surface area contributed by atoms with Crippen molar-refractivity contribution in [3.63, 3.8) is 0 Å². The monoisotopic (exact) mass is 1040 g/mol. The second-order valence-electron chi connectivity index (χ2n) is 25.4. The van der Waals surface area contributed by atoms with Gasteiger partial charge in [0.2, 0.25) is 12.2 Å². The molecule has 0 bridgehead atoms. The summed E-state index contributed by atoms with van der Waals surface area (Å²) in [7, 11) is 0. The molecule has 0 aromatic rings. The molecule has 13 N–H and O–H groups in total. The molecule has 0 spiro atoms. The van der Waals surface area contributed by atoms with Crippen LogP contribution in [0.15, 0.2) is 11.6 Å². The van der Waals surface area contributed by atoms with E-state index < -0.39 is 139 Å². The highest BCUT2D eigenvalue weighted by atomic mass is 16.8. The van der Waals surface area contributed by atoms with E-state index in [1.807, 2.05) is 0 Å². The average Bonchev–Trinajstić information content (AvgIpc) is 3.33. The number of ether oxygens (including phenoxy) is 6. The van der Waals surface area contributed by atoms with Crippen molar-refractivity contribution in [1.29, 1.82) is 0 Å². The van der Waals surface area contributed by atoms with Gasteiger partial charge in [-0.3, -0.25) is 9.59 Å². The number of amides is 1. The highest BCUT2D eigenvalue weighted by Gasteiger charge is 2.88. The van der Waals surface area contributed by atoms with E-state index in [-0.39, 0.29) is 59.4 Å². The van der Waals surface area contributed by atoms with Crippen LogP contribution in [0.2, 0.25) is 0 Å². The maximum absolute atomic E-state index is 15.6. The van der Waals surface area contributed by atoms with Crippen molar-refractivity contribution in [3.8, 4) is 0 Å². The number of allylic oxidation sites excluding steroid dienone is 2. The molecule has 9 aliphatic rings. The summed E-state index contributed by atoms with van der Waals surface area (Å²) < 4.78 is 36.3. The van der Waals surface area contributed by atoms with E-state index in [9.17, 15) is 55.5 Å². The van der Waals surface area contributed by atoms with Crippen LogP contribution in [0, 0.1) is 55.7 Å². The minimum atomic E-state index is -1.92. The van der Waals surface area contributed by atoms with Crippen LogP contribution < -0.4 is 11.1 Å². The van der Waals surface area contributed by atoms with E-state index in [1.54, 1.807) is 0 Å². The first-order valence-electron chi connectivity index (χ1n) is 27.0. The van der Waals surface area contributed by atoms with E-state index in [4.69, 9.17) is 28.4 Å². The number of nitrogens with one attached hydrogen (secondary N) is 1. The Bertz CT molecular complexity index is 2120. The Labute approximate surface area is 427 Å². The van der Waals surface area contributed by atoms with Crippen LogP contribution in [0.4, 0.5) is 0 Å². The van der Waals surface area contributed by atoms with Crippen molar-refractivity contribution in [2.75, 3.05) is 19.8 Å². The summed E-state index contributed by atoms with van der Waals surface area (Å²) in [6, 6.07) is -1.32. The fourth-order valence-electron chi connectivity index (χ4n) is 17.1. The zero-order valence-electron chi connectivity index (χ0n) is 43.6. The Morgan fingerprint density at radius 3 is 2.16 bits per heavy atom. The summed E-state index contributed by atoms with van der Waals surface area (Å²) in [5.74, 6) is -1.61. The average molecular weight is 1040 g/mol. The van der Waals surface area contributed by atoms with Crippen molar-refractivity contribution in [2.45, 2.75) is 224 Å². The largest absolute Gasteiger partial charge is 0.432 e. The van der Waals surface area contributed by atoms with Crippen molar-refractivity contribution in [3.05, 3.63) is 11.6 Å². The lowest BCUT2D eigenvalue weighted by atomic mass is 9.17. The number of unbranched alkanes of at least 4 members (excludes halogenated alkanes) is 2. The standard InChI is InChI=1S/C53H84N2O18/c1-25-41(71-43-39(65)36(62)28(58)23-68-43)38(64)40(66)44(69-25)72-42-37(63)35(55-34(61)11-9-8-10-18-54)29(22-56)70-45(42)73-46(67)52-17-16-47(2,3)19-27(52)26-12-13-30-48(4,49(26,5)20-32(52)59)15-14-31-51(30,7)50(6)21-33(60)53(31,50)24-57/h12,24-25,27-33,35-45,56,58-60,62-66H,8-11,13-23,54H2,1-7H3,(H,55,61)/p+1/t25?,27?,28-,29?,30?,31-,32?,33+,35+,36?,37?,38?,39?,40?,41+,42?,43+,44+,45+,48-,49-,50?,51?,52-,53+/m1/s1. The van der Waals surface area contributed by atoms with Gasteiger partial charge >= 0.3 is 5.97 Å². The van der Waals surface area contributed by atoms with Crippen LogP contribution in [0.25, 0.3) is 0 Å². The first-order chi connectivity index (χ1) is 34.3. The molecule has 25 atom stereocenters. The summed E-state index contributed by atoms with van der Waals surface area (Å²) in [5, 5.41) is 104. The van der Waals surface area contributed by atoms with Crippen molar-refractivity contribution < 1.29 is 94.5 Å². The highest BCUT2D eigenvalue weighted by molar-refractivity contribution is 5.80. The van der Waals surface area contributed by atoms with Crippen LogP contribution >= 0.6 is 0 Å². The number of aliphatic hydroxyl groups is 9. The number of hydrogen-bond acceptors (Lipinski definition) is 18. The summed E-state index contributed by atoms with van der Waals surface area (Å²) >= 11 is 0. The molecule has 13 unspecified atom stereocenters. The molecular formula is C53H85N2O18+. The molecule has 414 valence electrons. The lowest BCUT2D eigenvalue weighted by Gasteiger charge is -2.86. The normalized spacial score (nSPS) is 52.8. The number of carbonyl (C=O) groups is 3. The second kappa shape index (κ2) is 19.6. The zero-order valence-corrected chi connectivity index (χ0v) is 43.6. The van der Waals surface area contributed by atoms with Gasteiger partial charge in [0, 0.05) is 6.42 Å². The SMILES string of the molecule is CC1O[C@@H](OC2C(O)[C@@H](NC(=O)CCCCC[NH3+])C(CO)O[C@H]2OC(=O)[C@]23CCC(C)(C)CC2C2=CCC4C5(C)[C@@H](CC[C@@]4(C)[C@]2(C)CC3O)[C@@]2(C=O)[C@@H](O)CC52C)C(O)C(O)[C@H]1O[C@@H]1OC[C@@H](O)C(O)C1O. The van der Waals surface area contributed by atoms with Crippen LogP contribution in [0.3, 0.4) is 0 Å². The molecular weight excluding hydrogens is 953 g/mol. The Morgan fingerprint density at radius 1 is 0.795 bits per heavy atom. The van der Waals surface area contributed by atoms with Gasteiger partial charge in [-0.15, -0.1) is 0 Å². The summed E-state index contributed by atoms with van der Waals surface area (Å²) in [6.07, 6.45) is -13.0. The van der Waals surface area contributed by atoms with E-state index in [0.717, 1.165) is 37.5 Å². The third-order valence-corrected chi connectivity index (χ3v) is 21.6. The lowest BCUT2D eigenvalue weighted by molar-refractivity contribution is -0.397. The fourth-order valence-corrected chi connectivity index (χ4v) is 17.1. The first-order valence-corrected chi connectivity index (χ1v) is 27.0. The van der Waals surface area contributed by atoms with E-state index in [1.165, 1.54) is 6.92 Å². The van der Waals surface area contributed by atoms with Gasteiger partial charge in [0.1, 0.15) is 60.5 Å². The maximum Gasteiger partial charge on any atom is 0.317 e. The number of carbonyl (C=O) groups excluding carboxylic acids is 3. The molecule has 0 aromatic carbocycles. The Balaban J connectivity index is 1.01. The number of rotatable bonds is 14. The Morgan fingerprint density at radius 2 is 1.49 bits per heavy atom. The minimum absolute atomic E-state index is 0.0247. The predicted octanol–water partition coefficient (Wildman–Crippen LogP) is -0.507. The van der Waals surface area contributed by atoms with Gasteiger partial charge in [0.25, 0.3) is 0 Å². The lowest BCUT2D eigenvalue weighted by Crippen LogP contribution is -2.86. The molecule has 3 heterocycles. The number of quaternary nitrogens is 1. The molecule has 6 aliphatic carbocycles. The molecule has 5 saturated carbocycles. The van der Waals surface area contributed by atoms with Gasteiger partial charge in [0.15, 0.2) is 18.7 Å². The number of aliphatic hydroxyl groups excluding tert-OH is 9. The molecule has 73 heavy (non-hydrogen) atoms. The Hall–Kier alpha value is -2.25. The van der Waals surface area contributed by atoms with Crippen LogP contribution in [0.1, 0.15) is 126 Å². The quantitative estimate of drug-likeness (QED) is 0.0452. The van der Waals surface area contributed by atoms with Crippen LogP contribution in [-0.4, -0.2) is 182 Å². The van der Waals surface area contributed by atoms with Crippen molar-refractivity contribution >= 4 is 18.2 Å². The second-order valence-corrected chi connectivity index (χ2v) is 25.4. The molecule has 3 aliphatic heterocycles. The van der Waals surface area contributed by atoms with Gasteiger partial charge in [-0.25, -0.2) is 0 Å². The number of esters is 1. The van der Waals surface area contributed by atoms with Gasteiger partial charge in [-0.1, -0.05) is 53.2 Å². The summed E-state index contributed by atoms with van der Waals surface area (Å²) in [5.41, 5.74) is 0.840. The molecule has 20 nitrogen and oxygen atoms in total. The molecule has 20 heteroatoms. The third-order valence-electron chi connectivity index (χ3n) is 21.6. The molecule has 1 amide bonds. The molecule has 3 saturated heterocycles. The predicted molar refractivity (Wildman–Crippen MR) is 254 cm³/mol. The Kier molecular flexibility index (Phi) is 14.9. The first kappa shape index (κ1) is 55.5. The maximum atomic E-state index is 15.6. The van der Waals surface area contributed by atoms with E-state index in [0.29, 0.717) is 38.6 Å². The van der Waals surface area contributed by atoms with Gasteiger partial charge in [-0.2, -0.15) is 0 Å². The molecule has 9 rings (SSSR count). The highest BCUT2D eigenvalue weighted by Crippen LogP contribution is 2.88. The van der Waals surface area contributed by atoms with Gasteiger partial charge in [0.05, 0.1) is 49.5 Å².